The fraction of sp³-hybridized carbons (Fsp3) is 0.618. The number of primary amides is 1. The largest absolute Gasteiger partial charge is 0.462 e. The smallest absolute Gasteiger partial charge is 0.405 e. The van der Waals surface area contributed by atoms with E-state index in [4.69, 9.17) is 19.9 Å². The summed E-state index contributed by atoms with van der Waals surface area (Å²) in [6.45, 7) is 13.2. The van der Waals surface area contributed by atoms with Crippen molar-refractivity contribution in [2.75, 3.05) is 0 Å². The van der Waals surface area contributed by atoms with Gasteiger partial charge in [0.05, 0.1) is 18.1 Å². The Bertz CT molecular complexity index is 1120. The molecule has 240 valence electrons. The van der Waals surface area contributed by atoms with Crippen LogP contribution in [0.5, 0.6) is 0 Å². The summed E-state index contributed by atoms with van der Waals surface area (Å²) >= 11 is 0. The van der Waals surface area contributed by atoms with Crippen LogP contribution >= 0.6 is 0 Å². The standard InChI is InChI=1S/C34H51NO8/c1-8-27-26(7)34(40,20-30(37)41-27)19-12-11-15-23(4)32-22(3)14-9-10-17-28(42-33(35)39)25(6)31(38)24(5)21(2)16-13-18-29(36)43-32/h9-12,14-17,22,24-28,31-32,38,40H,8,13,18-20H2,1-7H3,(H2,35,39)/b12-11+,14-9-,17-10-,21-16+,23-15+/t22-,24+,25+,26-,27-,28-,31-,32-,34-/m0/s1. The van der Waals surface area contributed by atoms with Gasteiger partial charge in [-0.2, -0.15) is 0 Å². The van der Waals surface area contributed by atoms with Crippen LogP contribution in [0.3, 0.4) is 0 Å². The first-order valence-electron chi connectivity index (χ1n) is 15.3. The van der Waals surface area contributed by atoms with Gasteiger partial charge in [-0.3, -0.25) is 9.59 Å². The number of hydrogen-bond acceptors (Lipinski definition) is 8. The molecule has 9 nitrogen and oxygen atoms in total. The molecule has 0 aromatic carbocycles. The first kappa shape index (κ1) is 36.0. The van der Waals surface area contributed by atoms with Crippen LogP contribution in [0.1, 0.15) is 80.6 Å². The highest BCUT2D eigenvalue weighted by molar-refractivity contribution is 5.72. The van der Waals surface area contributed by atoms with Crippen molar-refractivity contribution in [3.05, 3.63) is 59.8 Å². The Kier molecular flexibility index (Phi) is 13.9. The summed E-state index contributed by atoms with van der Waals surface area (Å²) in [5.74, 6) is -1.79. The third-order valence-electron chi connectivity index (χ3n) is 8.87. The van der Waals surface area contributed by atoms with Crippen LogP contribution in [0.25, 0.3) is 0 Å². The van der Waals surface area contributed by atoms with Gasteiger partial charge in [0.1, 0.15) is 18.3 Å². The minimum atomic E-state index is -1.18. The number of aliphatic hydroxyl groups is 2. The topological polar surface area (TPSA) is 145 Å². The molecule has 1 saturated heterocycles. The zero-order chi connectivity index (χ0) is 32.3. The van der Waals surface area contributed by atoms with Gasteiger partial charge in [0.15, 0.2) is 0 Å². The van der Waals surface area contributed by atoms with E-state index in [-0.39, 0.29) is 42.7 Å². The molecule has 0 saturated carbocycles. The van der Waals surface area contributed by atoms with E-state index >= 15 is 0 Å². The van der Waals surface area contributed by atoms with Gasteiger partial charge < -0.3 is 30.2 Å². The molecule has 2 aliphatic heterocycles. The van der Waals surface area contributed by atoms with Gasteiger partial charge in [0.2, 0.25) is 0 Å². The van der Waals surface area contributed by atoms with Crippen LogP contribution < -0.4 is 5.73 Å². The molecule has 2 heterocycles. The van der Waals surface area contributed by atoms with E-state index < -0.39 is 41.9 Å². The predicted octanol–water partition coefficient (Wildman–Crippen LogP) is 5.47. The van der Waals surface area contributed by atoms with E-state index in [1.54, 1.807) is 25.2 Å². The van der Waals surface area contributed by atoms with Gasteiger partial charge >= 0.3 is 18.0 Å². The normalized spacial score (nSPS) is 38.0. The Hall–Kier alpha value is -3.17. The second-order valence-electron chi connectivity index (χ2n) is 12.1. The van der Waals surface area contributed by atoms with Crippen molar-refractivity contribution < 1.29 is 38.8 Å². The first-order valence-corrected chi connectivity index (χ1v) is 15.3. The molecule has 43 heavy (non-hydrogen) atoms. The zero-order valence-electron chi connectivity index (χ0n) is 26.7. The summed E-state index contributed by atoms with van der Waals surface area (Å²) in [5, 5.41) is 22.1. The van der Waals surface area contributed by atoms with Crippen molar-refractivity contribution in [1.82, 2.24) is 0 Å². The number of hydrogen-bond donors (Lipinski definition) is 3. The van der Waals surface area contributed by atoms with E-state index in [0.29, 0.717) is 19.3 Å². The number of aliphatic hydroxyl groups excluding tert-OH is 1. The van der Waals surface area contributed by atoms with Crippen molar-refractivity contribution >= 4 is 18.0 Å². The van der Waals surface area contributed by atoms with Crippen molar-refractivity contribution in [2.45, 2.75) is 111 Å². The summed E-state index contributed by atoms with van der Waals surface area (Å²) in [4.78, 5) is 36.5. The summed E-state index contributed by atoms with van der Waals surface area (Å²) in [6, 6.07) is 0. The number of carbonyl (C=O) groups is 3. The fourth-order valence-electron chi connectivity index (χ4n) is 5.66. The summed E-state index contributed by atoms with van der Waals surface area (Å²) < 4.78 is 16.6. The lowest BCUT2D eigenvalue weighted by Crippen LogP contribution is -2.50. The third-order valence-corrected chi connectivity index (χ3v) is 8.87. The Labute approximate surface area is 256 Å². The van der Waals surface area contributed by atoms with Gasteiger partial charge in [0.25, 0.3) is 0 Å². The molecule has 2 rings (SSSR count). The maximum atomic E-state index is 12.9. The number of rotatable bonds is 6. The van der Waals surface area contributed by atoms with E-state index in [0.717, 1.165) is 11.1 Å². The molecule has 9 heteroatoms. The molecule has 0 bridgehead atoms. The van der Waals surface area contributed by atoms with Crippen molar-refractivity contribution in [3.63, 3.8) is 0 Å². The fourth-order valence-corrected chi connectivity index (χ4v) is 5.66. The highest BCUT2D eigenvalue weighted by Crippen LogP contribution is 2.36. The number of nitrogens with two attached hydrogens (primary N) is 1. The van der Waals surface area contributed by atoms with E-state index in [9.17, 15) is 24.6 Å². The second kappa shape index (κ2) is 16.6. The highest BCUT2D eigenvalue weighted by atomic mass is 16.6. The Morgan fingerprint density at radius 3 is 2.47 bits per heavy atom. The molecule has 0 aromatic rings. The van der Waals surface area contributed by atoms with Gasteiger partial charge in [-0.1, -0.05) is 82.7 Å². The van der Waals surface area contributed by atoms with Gasteiger partial charge in [-0.05, 0) is 44.8 Å². The predicted molar refractivity (Wildman–Crippen MR) is 166 cm³/mol. The number of ether oxygens (including phenoxy) is 3. The number of esters is 2. The maximum absolute atomic E-state index is 12.9. The number of amides is 1. The van der Waals surface area contributed by atoms with Gasteiger partial charge in [0, 0.05) is 30.1 Å². The van der Waals surface area contributed by atoms with Crippen LogP contribution in [0.4, 0.5) is 4.79 Å². The zero-order valence-corrected chi connectivity index (χ0v) is 26.7. The molecular formula is C34H51NO8. The van der Waals surface area contributed by atoms with Crippen LogP contribution in [0, 0.1) is 23.7 Å². The minimum Gasteiger partial charge on any atom is -0.462 e. The van der Waals surface area contributed by atoms with Crippen LogP contribution in [-0.2, 0) is 23.8 Å². The molecule has 9 atom stereocenters. The second-order valence-corrected chi connectivity index (χ2v) is 12.1. The average Bonchev–Trinajstić information content (AvgIpc) is 2.95. The number of cyclic esters (lactones) is 2. The molecule has 4 N–H and O–H groups in total. The summed E-state index contributed by atoms with van der Waals surface area (Å²) in [7, 11) is 0. The van der Waals surface area contributed by atoms with Crippen LogP contribution in [-0.4, -0.2) is 58.3 Å². The third kappa shape index (κ3) is 10.5. The van der Waals surface area contributed by atoms with Gasteiger partial charge in [-0.15, -0.1) is 0 Å². The first-order chi connectivity index (χ1) is 20.2. The number of carbonyl (C=O) groups excluding carboxylic acids is 3. The lowest BCUT2D eigenvalue weighted by atomic mass is 9.77. The summed E-state index contributed by atoms with van der Waals surface area (Å²) in [5.41, 5.74) is 5.85. The van der Waals surface area contributed by atoms with E-state index in [1.807, 2.05) is 71.9 Å². The van der Waals surface area contributed by atoms with Crippen molar-refractivity contribution in [1.29, 1.82) is 0 Å². The molecule has 0 aromatic heterocycles. The lowest BCUT2D eigenvalue weighted by molar-refractivity contribution is -0.182. The molecule has 1 fully saturated rings. The van der Waals surface area contributed by atoms with Crippen molar-refractivity contribution in [3.8, 4) is 0 Å². The minimum absolute atomic E-state index is 0.0525. The average molecular weight is 602 g/mol. The van der Waals surface area contributed by atoms with Crippen LogP contribution in [0.15, 0.2) is 59.8 Å². The Balaban J connectivity index is 2.29. The lowest BCUT2D eigenvalue weighted by Gasteiger charge is -2.41. The molecule has 2 aliphatic rings. The molecule has 0 radical (unpaired) electrons. The van der Waals surface area contributed by atoms with Crippen molar-refractivity contribution in [2.24, 2.45) is 29.4 Å². The molecule has 1 amide bonds. The molecule has 0 spiro atoms. The van der Waals surface area contributed by atoms with Gasteiger partial charge in [-0.25, -0.2) is 4.79 Å². The van der Waals surface area contributed by atoms with Crippen LogP contribution in [0.2, 0.25) is 0 Å². The Morgan fingerprint density at radius 2 is 1.81 bits per heavy atom. The maximum Gasteiger partial charge on any atom is 0.405 e. The van der Waals surface area contributed by atoms with E-state index in [2.05, 4.69) is 0 Å². The summed E-state index contributed by atoms with van der Waals surface area (Å²) in [6.07, 6.45) is 12.7. The number of allylic oxidation sites excluding steroid dienone is 5. The SMILES string of the molecule is CC[C@@H]1OC(=O)C[C@@](O)(C/C=C/C=C(\C)[C@H]2OC(=O)CC/C=C(\C)[C@@H](C)[C@H](O)[C@H](C)[C@@H](OC(N)=O)/C=C\C=C/[C@@H]2C)[C@H]1C. The Morgan fingerprint density at radius 1 is 1.14 bits per heavy atom. The highest BCUT2D eigenvalue weighted by Gasteiger charge is 2.45. The quantitative estimate of drug-likeness (QED) is 0.157. The monoisotopic (exact) mass is 601 g/mol. The van der Waals surface area contributed by atoms with E-state index in [1.165, 1.54) is 0 Å². The molecule has 0 aliphatic carbocycles. The molecule has 0 unspecified atom stereocenters. The molecular weight excluding hydrogens is 550 g/mol.